The van der Waals surface area contributed by atoms with Crippen molar-refractivity contribution in [2.75, 3.05) is 42.6 Å². The summed E-state index contributed by atoms with van der Waals surface area (Å²) in [5.41, 5.74) is 0. The monoisotopic (exact) mass is 304 g/mol. The topological polar surface area (TPSA) is 41.5 Å². The number of nitrogens with zero attached hydrogens (tertiary/aromatic N) is 4. The van der Waals surface area contributed by atoms with Crippen LogP contribution in [-0.2, 0) is 4.74 Å². The first-order valence-corrected chi connectivity index (χ1v) is 8.69. The van der Waals surface area contributed by atoms with Crippen molar-refractivity contribution in [3.63, 3.8) is 0 Å². The molecule has 0 aliphatic carbocycles. The Balaban J connectivity index is 1.70. The fourth-order valence-corrected chi connectivity index (χ4v) is 3.60. The molecule has 0 bridgehead atoms. The first-order chi connectivity index (χ1) is 10.8. The molecule has 2 aliphatic heterocycles. The third-order valence-corrected chi connectivity index (χ3v) is 4.72. The minimum atomic E-state index is 0.340. The molecular weight excluding hydrogens is 276 g/mol. The van der Waals surface area contributed by atoms with Crippen LogP contribution in [0, 0.1) is 5.92 Å². The molecule has 0 radical (unpaired) electrons. The third-order valence-electron chi connectivity index (χ3n) is 4.72. The van der Waals surface area contributed by atoms with Crippen LogP contribution in [0.3, 0.4) is 0 Å². The van der Waals surface area contributed by atoms with E-state index in [0.717, 1.165) is 56.8 Å². The lowest BCUT2D eigenvalue weighted by Gasteiger charge is -2.35. The number of piperidine rings is 2. The fraction of sp³-hybridized carbons (Fsp3) is 0.765. The smallest absolute Gasteiger partial charge is 0.134 e. The van der Waals surface area contributed by atoms with E-state index in [1.165, 1.54) is 19.3 Å². The molecule has 5 heteroatoms. The van der Waals surface area contributed by atoms with Crippen LogP contribution < -0.4 is 9.80 Å². The summed E-state index contributed by atoms with van der Waals surface area (Å²) in [4.78, 5) is 13.8. The molecule has 0 saturated carbocycles. The number of anilines is 2. The van der Waals surface area contributed by atoms with Gasteiger partial charge in [0.05, 0.1) is 6.10 Å². The van der Waals surface area contributed by atoms with Crippen molar-refractivity contribution in [1.29, 1.82) is 0 Å². The van der Waals surface area contributed by atoms with Crippen LogP contribution in [-0.4, -0.2) is 48.9 Å². The van der Waals surface area contributed by atoms with Crippen molar-refractivity contribution >= 4 is 11.6 Å². The van der Waals surface area contributed by atoms with Gasteiger partial charge in [-0.25, -0.2) is 9.97 Å². The van der Waals surface area contributed by atoms with Crippen LogP contribution in [0.5, 0.6) is 0 Å². The largest absolute Gasteiger partial charge is 0.377 e. The van der Waals surface area contributed by atoms with Crippen molar-refractivity contribution in [3.05, 3.63) is 12.4 Å². The number of hydrogen-bond donors (Lipinski definition) is 0. The summed E-state index contributed by atoms with van der Waals surface area (Å²) >= 11 is 0. The second-order valence-corrected chi connectivity index (χ2v) is 6.59. The van der Waals surface area contributed by atoms with Gasteiger partial charge in [0.1, 0.15) is 18.0 Å². The molecule has 1 aromatic heterocycles. The van der Waals surface area contributed by atoms with E-state index in [1.54, 1.807) is 6.33 Å². The number of aromatic nitrogens is 2. The quantitative estimate of drug-likeness (QED) is 0.855. The Kier molecular flexibility index (Phi) is 5.13. The van der Waals surface area contributed by atoms with Gasteiger partial charge >= 0.3 is 0 Å². The van der Waals surface area contributed by atoms with Gasteiger partial charge in [-0.2, -0.15) is 0 Å². The van der Waals surface area contributed by atoms with Crippen LogP contribution in [0.25, 0.3) is 0 Å². The lowest BCUT2D eigenvalue weighted by Crippen LogP contribution is -2.40. The zero-order valence-corrected chi connectivity index (χ0v) is 13.9. The molecule has 1 aromatic rings. The Morgan fingerprint density at radius 2 is 1.77 bits per heavy atom. The van der Waals surface area contributed by atoms with Crippen molar-refractivity contribution < 1.29 is 4.74 Å². The fourth-order valence-electron chi connectivity index (χ4n) is 3.60. The first kappa shape index (κ1) is 15.5. The zero-order valence-electron chi connectivity index (χ0n) is 13.9. The summed E-state index contributed by atoms with van der Waals surface area (Å²) in [6.45, 7) is 9.42. The Morgan fingerprint density at radius 1 is 1.09 bits per heavy atom. The molecule has 0 amide bonds. The third kappa shape index (κ3) is 3.69. The minimum Gasteiger partial charge on any atom is -0.377 e. The molecule has 2 aliphatic rings. The number of ether oxygens (including phenoxy) is 1. The molecule has 122 valence electrons. The van der Waals surface area contributed by atoms with Gasteiger partial charge in [0.25, 0.3) is 0 Å². The normalized spacial score (nSPS) is 26.3. The molecule has 0 aromatic carbocycles. The predicted octanol–water partition coefficient (Wildman–Crippen LogP) is 2.72. The zero-order chi connectivity index (χ0) is 15.4. The highest BCUT2D eigenvalue weighted by Gasteiger charge is 2.23. The Bertz CT molecular complexity index is 479. The van der Waals surface area contributed by atoms with E-state index in [4.69, 9.17) is 4.74 Å². The maximum atomic E-state index is 5.80. The molecule has 2 saturated heterocycles. The Labute approximate surface area is 133 Å². The van der Waals surface area contributed by atoms with Gasteiger partial charge in [0, 0.05) is 38.9 Å². The average Bonchev–Trinajstić information content (AvgIpc) is 2.56. The predicted molar refractivity (Wildman–Crippen MR) is 89.5 cm³/mol. The average molecular weight is 304 g/mol. The van der Waals surface area contributed by atoms with Crippen molar-refractivity contribution in [1.82, 2.24) is 9.97 Å². The van der Waals surface area contributed by atoms with Crippen molar-refractivity contribution in [2.45, 2.75) is 45.6 Å². The highest BCUT2D eigenvalue weighted by Crippen LogP contribution is 2.25. The van der Waals surface area contributed by atoms with Crippen LogP contribution in [0.4, 0.5) is 11.6 Å². The molecule has 2 atom stereocenters. The van der Waals surface area contributed by atoms with Crippen LogP contribution >= 0.6 is 0 Å². The Morgan fingerprint density at radius 3 is 2.45 bits per heavy atom. The number of hydrogen-bond acceptors (Lipinski definition) is 5. The molecule has 0 spiro atoms. The minimum absolute atomic E-state index is 0.340. The highest BCUT2D eigenvalue weighted by atomic mass is 16.5. The van der Waals surface area contributed by atoms with Gasteiger partial charge in [0.15, 0.2) is 0 Å². The van der Waals surface area contributed by atoms with E-state index < -0.39 is 0 Å². The molecule has 0 N–H and O–H groups in total. The summed E-state index contributed by atoms with van der Waals surface area (Å²) in [6, 6.07) is 2.16. The van der Waals surface area contributed by atoms with E-state index in [9.17, 15) is 0 Å². The molecule has 3 heterocycles. The molecule has 2 fully saturated rings. The van der Waals surface area contributed by atoms with E-state index in [0.29, 0.717) is 6.10 Å². The lowest BCUT2D eigenvalue weighted by atomic mass is 10.0. The van der Waals surface area contributed by atoms with Gasteiger partial charge in [-0.3, -0.25) is 0 Å². The standard InChI is InChI=1S/C17H28N4O/c1-3-22-15-7-5-9-21(12-15)17-10-16(18-13-19-17)20-8-4-6-14(2)11-20/h10,13-15H,3-9,11-12H2,1-2H3. The second kappa shape index (κ2) is 7.27. The van der Waals surface area contributed by atoms with Gasteiger partial charge in [-0.1, -0.05) is 6.92 Å². The summed E-state index contributed by atoms with van der Waals surface area (Å²) in [5.74, 6) is 2.88. The SMILES string of the molecule is CCOC1CCCN(c2cc(N3CCCC(C)C3)ncn2)C1. The van der Waals surface area contributed by atoms with Crippen LogP contribution in [0.2, 0.25) is 0 Å². The highest BCUT2D eigenvalue weighted by molar-refractivity contribution is 5.50. The maximum absolute atomic E-state index is 5.80. The number of rotatable bonds is 4. The molecule has 22 heavy (non-hydrogen) atoms. The maximum Gasteiger partial charge on any atom is 0.134 e. The molecule has 5 nitrogen and oxygen atoms in total. The summed E-state index contributed by atoms with van der Waals surface area (Å²) in [6.07, 6.45) is 6.98. The summed E-state index contributed by atoms with van der Waals surface area (Å²) in [7, 11) is 0. The molecule has 2 unspecified atom stereocenters. The van der Waals surface area contributed by atoms with Crippen molar-refractivity contribution in [3.8, 4) is 0 Å². The van der Waals surface area contributed by atoms with Gasteiger partial charge in [0.2, 0.25) is 0 Å². The van der Waals surface area contributed by atoms with Crippen molar-refractivity contribution in [2.24, 2.45) is 5.92 Å². The van der Waals surface area contributed by atoms with E-state index >= 15 is 0 Å². The second-order valence-electron chi connectivity index (χ2n) is 6.59. The molecule has 3 rings (SSSR count). The first-order valence-electron chi connectivity index (χ1n) is 8.69. The van der Waals surface area contributed by atoms with Gasteiger partial charge in [-0.15, -0.1) is 0 Å². The summed E-state index contributed by atoms with van der Waals surface area (Å²) < 4.78 is 5.80. The van der Waals surface area contributed by atoms with E-state index in [-0.39, 0.29) is 0 Å². The van der Waals surface area contributed by atoms with Crippen LogP contribution in [0.15, 0.2) is 12.4 Å². The summed E-state index contributed by atoms with van der Waals surface area (Å²) in [5, 5.41) is 0. The van der Waals surface area contributed by atoms with Gasteiger partial charge in [-0.05, 0) is 38.5 Å². The van der Waals surface area contributed by atoms with E-state index in [1.807, 2.05) is 0 Å². The van der Waals surface area contributed by atoms with E-state index in [2.05, 4.69) is 39.7 Å². The molecular formula is C17H28N4O. The van der Waals surface area contributed by atoms with Gasteiger partial charge < -0.3 is 14.5 Å². The lowest BCUT2D eigenvalue weighted by molar-refractivity contribution is 0.0525. The Hall–Kier alpha value is -1.36. The van der Waals surface area contributed by atoms with Crippen LogP contribution in [0.1, 0.15) is 39.5 Å².